The van der Waals surface area contributed by atoms with Crippen LogP contribution in [0.15, 0.2) is 0 Å². The molecule has 0 radical (unpaired) electrons. The lowest BCUT2D eigenvalue weighted by molar-refractivity contribution is -0.702. The molecule has 0 saturated carbocycles. The summed E-state index contributed by atoms with van der Waals surface area (Å²) in [6.45, 7) is 6.38. The van der Waals surface area contributed by atoms with Gasteiger partial charge in [-0.3, -0.25) is 0 Å². The van der Waals surface area contributed by atoms with Crippen molar-refractivity contribution in [1.29, 1.82) is 0 Å². The molecule has 0 amide bonds. The van der Waals surface area contributed by atoms with Gasteiger partial charge in [0, 0.05) is 0 Å². The van der Waals surface area contributed by atoms with Gasteiger partial charge in [-0.1, -0.05) is 11.6 Å². The number of halogens is 2. The third-order valence-electron chi connectivity index (χ3n) is 0.451. The SMILES string of the molecule is CC(C)(C)[Cl+]CCl. The Morgan fingerprint density at radius 2 is 1.86 bits per heavy atom. The van der Waals surface area contributed by atoms with E-state index in [1.54, 1.807) is 0 Å². The lowest BCUT2D eigenvalue weighted by Gasteiger charge is -1.98. The Labute approximate surface area is 54.0 Å². The molecule has 0 aliphatic carbocycles. The minimum Gasteiger partial charge on any atom is -0.0568 e. The van der Waals surface area contributed by atoms with Crippen LogP contribution in [0.5, 0.6) is 0 Å². The van der Waals surface area contributed by atoms with Crippen LogP contribution in [-0.4, -0.2) is 10.2 Å². The molecule has 0 spiro atoms. The quantitative estimate of drug-likeness (QED) is 0.491. The van der Waals surface area contributed by atoms with Crippen molar-refractivity contribution >= 4 is 11.6 Å². The zero-order valence-corrected chi connectivity index (χ0v) is 6.47. The Kier molecular flexibility index (Phi) is 3.01. The average molecular weight is 142 g/mol. The monoisotopic (exact) mass is 141 g/mol. The Balaban J connectivity index is 3.15. The van der Waals surface area contributed by atoms with Gasteiger partial charge in [0.2, 0.25) is 5.34 Å². The van der Waals surface area contributed by atoms with Crippen LogP contribution in [0.4, 0.5) is 0 Å². The molecule has 0 aliphatic heterocycles. The maximum Gasteiger partial charge on any atom is 0.245 e. The second-order valence-corrected chi connectivity index (χ2v) is 4.51. The molecule has 0 aliphatic rings. The highest BCUT2D eigenvalue weighted by Crippen LogP contribution is 2.07. The second kappa shape index (κ2) is 2.78. The number of hydrogen-bond acceptors (Lipinski definition) is 0. The van der Waals surface area contributed by atoms with E-state index in [-0.39, 0.29) is 4.87 Å². The van der Waals surface area contributed by atoms with E-state index in [4.69, 9.17) is 11.6 Å². The fraction of sp³-hybridized carbons (Fsp3) is 1.00. The third-order valence-corrected chi connectivity index (χ3v) is 1.66. The Morgan fingerprint density at radius 3 is 1.86 bits per heavy atom. The van der Waals surface area contributed by atoms with Gasteiger partial charge in [-0.25, -0.2) is 0 Å². The normalized spacial score (nSPS) is 12.0. The molecule has 0 heterocycles. The molecule has 0 fully saturated rings. The van der Waals surface area contributed by atoms with Crippen LogP contribution in [0.3, 0.4) is 0 Å². The first-order chi connectivity index (χ1) is 3.06. The topological polar surface area (TPSA) is 0 Å². The fourth-order valence-corrected chi connectivity index (χ4v) is 1.36. The summed E-state index contributed by atoms with van der Waals surface area (Å²) < 4.78 is 0. The number of alkyl halides is 3. The molecule has 0 aromatic rings. The fourth-order valence-electron chi connectivity index (χ4n) is 0.152. The lowest BCUT2D eigenvalue weighted by atomic mass is 10.3. The summed E-state index contributed by atoms with van der Waals surface area (Å²) in [5.41, 5.74) is 0. The zero-order chi connectivity index (χ0) is 5.91. The minimum atomic E-state index is 0.280. The van der Waals surface area contributed by atoms with Crippen molar-refractivity contribution in [2.75, 3.05) is 5.34 Å². The Bertz CT molecular complexity index is 44.5. The largest absolute Gasteiger partial charge is 0.245 e. The van der Waals surface area contributed by atoms with Crippen LogP contribution in [0.25, 0.3) is 0 Å². The van der Waals surface area contributed by atoms with E-state index in [0.717, 1.165) is 0 Å². The molecule has 0 saturated heterocycles. The molecule has 0 aromatic carbocycles. The highest BCUT2D eigenvalue weighted by molar-refractivity contribution is 6.16. The van der Waals surface area contributed by atoms with Crippen molar-refractivity contribution < 1.29 is 10.8 Å². The Hall–Kier alpha value is 0.580. The molecule has 0 bridgehead atoms. The van der Waals surface area contributed by atoms with Gasteiger partial charge >= 0.3 is 0 Å². The van der Waals surface area contributed by atoms with E-state index in [9.17, 15) is 0 Å². The van der Waals surface area contributed by atoms with Crippen LogP contribution in [0.2, 0.25) is 0 Å². The van der Waals surface area contributed by atoms with Crippen LogP contribution in [0.1, 0.15) is 20.8 Å². The molecule has 7 heavy (non-hydrogen) atoms. The van der Waals surface area contributed by atoms with Crippen LogP contribution < -0.4 is 0 Å². The maximum absolute atomic E-state index is 5.42. The molecule has 0 rings (SSSR count). The first-order valence-corrected chi connectivity index (χ1v) is 3.67. The molecular weight excluding hydrogens is 131 g/mol. The van der Waals surface area contributed by atoms with Crippen molar-refractivity contribution in [3.05, 3.63) is 0 Å². The first-order valence-electron chi connectivity index (χ1n) is 2.22. The molecule has 0 nitrogen and oxygen atoms in total. The van der Waals surface area contributed by atoms with Gasteiger partial charge < -0.3 is 0 Å². The highest BCUT2D eigenvalue weighted by Gasteiger charge is 2.23. The van der Waals surface area contributed by atoms with Gasteiger partial charge in [0.25, 0.3) is 0 Å². The van der Waals surface area contributed by atoms with Crippen LogP contribution >= 0.6 is 11.6 Å². The Morgan fingerprint density at radius 1 is 1.43 bits per heavy atom. The van der Waals surface area contributed by atoms with Crippen molar-refractivity contribution in [2.24, 2.45) is 0 Å². The van der Waals surface area contributed by atoms with E-state index < -0.39 is 0 Å². The van der Waals surface area contributed by atoms with E-state index in [2.05, 4.69) is 31.6 Å². The van der Waals surface area contributed by atoms with E-state index in [1.807, 2.05) is 0 Å². The van der Waals surface area contributed by atoms with Gasteiger partial charge in [0.1, 0.15) is 10.8 Å². The summed E-state index contributed by atoms with van der Waals surface area (Å²) in [5.74, 6) is 0. The number of hydrogen-bond donors (Lipinski definition) is 0. The summed E-state index contributed by atoms with van der Waals surface area (Å²) >= 11 is 5.42. The lowest BCUT2D eigenvalue weighted by Crippen LogP contribution is -2.16. The smallest absolute Gasteiger partial charge is 0.0568 e. The molecule has 0 N–H and O–H groups in total. The zero-order valence-electron chi connectivity index (χ0n) is 4.96. The molecule has 0 unspecified atom stereocenters. The van der Waals surface area contributed by atoms with Gasteiger partial charge in [-0.05, 0) is 20.8 Å². The second-order valence-electron chi connectivity index (χ2n) is 2.30. The third kappa shape index (κ3) is 6.58. The molecule has 0 aromatic heterocycles. The van der Waals surface area contributed by atoms with E-state index >= 15 is 0 Å². The summed E-state index contributed by atoms with van der Waals surface area (Å²) in [4.78, 5) is 0.280. The van der Waals surface area contributed by atoms with Crippen molar-refractivity contribution in [1.82, 2.24) is 0 Å². The molecule has 2 heteroatoms. The summed E-state index contributed by atoms with van der Waals surface area (Å²) in [6.07, 6.45) is 0. The van der Waals surface area contributed by atoms with Crippen molar-refractivity contribution in [3.8, 4) is 0 Å². The molecular formula is C5H11Cl2+. The summed E-state index contributed by atoms with van der Waals surface area (Å²) in [6, 6.07) is 0. The van der Waals surface area contributed by atoms with E-state index in [1.165, 1.54) is 0 Å². The molecule has 0 atom stereocenters. The summed E-state index contributed by atoms with van der Waals surface area (Å²) in [5, 5.41) is 0.642. The average Bonchev–Trinajstić information content (AvgIpc) is 1.30. The van der Waals surface area contributed by atoms with Crippen molar-refractivity contribution in [2.45, 2.75) is 25.6 Å². The van der Waals surface area contributed by atoms with Gasteiger partial charge in [0.05, 0.1) is 0 Å². The summed E-state index contributed by atoms with van der Waals surface area (Å²) in [7, 11) is 2.19. The van der Waals surface area contributed by atoms with Gasteiger partial charge in [0.15, 0.2) is 4.87 Å². The van der Waals surface area contributed by atoms with Gasteiger partial charge in [-0.2, -0.15) is 0 Å². The number of rotatable bonds is 1. The van der Waals surface area contributed by atoms with Crippen molar-refractivity contribution in [3.63, 3.8) is 0 Å². The predicted molar refractivity (Wildman–Crippen MR) is 30.5 cm³/mol. The van der Waals surface area contributed by atoms with E-state index in [0.29, 0.717) is 5.34 Å². The molecule has 44 valence electrons. The highest BCUT2D eigenvalue weighted by atomic mass is 35.6. The first kappa shape index (κ1) is 7.58. The standard InChI is InChI=1S/C5H11Cl2/c1-5(2,3)7-4-6/h4H2,1-3H3/q+1. The predicted octanol–water partition coefficient (Wildman–Crippen LogP) is 2.07. The van der Waals surface area contributed by atoms with Crippen LogP contribution in [0, 0.1) is 10.8 Å². The minimum absolute atomic E-state index is 0.280. The maximum atomic E-state index is 5.42. The van der Waals surface area contributed by atoms with Crippen LogP contribution in [-0.2, 0) is 0 Å². The van der Waals surface area contributed by atoms with Gasteiger partial charge in [-0.15, -0.1) is 0 Å².